The van der Waals surface area contributed by atoms with Gasteiger partial charge >= 0.3 is 12.5 Å². The third-order valence-corrected chi connectivity index (χ3v) is 9.38. The molecule has 2 heterocycles. The van der Waals surface area contributed by atoms with Crippen LogP contribution in [0.4, 0.5) is 29.3 Å². The lowest BCUT2D eigenvalue weighted by Gasteiger charge is -2.34. The number of piperidine rings is 1. The van der Waals surface area contributed by atoms with Crippen LogP contribution in [0.15, 0.2) is 77.1 Å². The summed E-state index contributed by atoms with van der Waals surface area (Å²) >= 11 is 0. The monoisotopic (exact) mass is 687 g/mol. The van der Waals surface area contributed by atoms with Gasteiger partial charge in [0, 0.05) is 48.9 Å². The number of nitrogens with zero attached hydrogens (tertiary/aromatic N) is 4. The first-order valence-electron chi connectivity index (χ1n) is 14.3. The number of anilines is 1. The highest BCUT2D eigenvalue weighted by Gasteiger charge is 2.47. The van der Waals surface area contributed by atoms with Crippen molar-refractivity contribution < 1.29 is 45.6 Å². The van der Waals surface area contributed by atoms with E-state index in [1.54, 1.807) is 25.1 Å². The summed E-state index contributed by atoms with van der Waals surface area (Å²) < 4.78 is 74.8. The molecule has 0 aliphatic carbocycles. The second kappa shape index (κ2) is 13.1. The number of amidine groups is 1. The molecule has 5 rings (SSSR count). The molecule has 1 fully saturated rings. The number of nitrogens with one attached hydrogen (secondary N) is 1. The molecular weight excluding hydrogens is 659 g/mol. The molecule has 3 aromatic carbocycles. The fourth-order valence-corrected chi connectivity index (χ4v) is 6.34. The molecule has 1 N–H and O–H groups in total. The van der Waals surface area contributed by atoms with Gasteiger partial charge in [0.15, 0.2) is 0 Å². The highest BCUT2D eigenvalue weighted by atomic mass is 32.2. The van der Waals surface area contributed by atoms with E-state index < -0.39 is 44.6 Å². The molecule has 2 aliphatic heterocycles. The van der Waals surface area contributed by atoms with E-state index in [-0.39, 0.29) is 48.8 Å². The van der Waals surface area contributed by atoms with Crippen LogP contribution in [0, 0.1) is 17.0 Å². The molecule has 0 unspecified atom stereocenters. The third kappa shape index (κ3) is 7.63. The van der Waals surface area contributed by atoms with E-state index in [0.29, 0.717) is 16.8 Å². The van der Waals surface area contributed by atoms with Gasteiger partial charge in [-0.2, -0.15) is 4.31 Å². The van der Waals surface area contributed by atoms with E-state index in [4.69, 9.17) is 4.74 Å². The van der Waals surface area contributed by atoms with E-state index in [1.807, 2.05) is 0 Å². The number of amides is 2. The van der Waals surface area contributed by atoms with Crippen molar-refractivity contribution in [2.75, 3.05) is 25.0 Å². The molecule has 0 bridgehead atoms. The van der Waals surface area contributed by atoms with Crippen molar-refractivity contribution in [2.24, 2.45) is 4.99 Å². The molecular formula is C31H28F3N5O8S. The van der Waals surface area contributed by atoms with Gasteiger partial charge in [-0.1, -0.05) is 18.2 Å². The molecule has 13 nitrogen and oxygen atoms in total. The van der Waals surface area contributed by atoms with Gasteiger partial charge in [-0.25, -0.2) is 13.2 Å². The number of sulfonamides is 1. The predicted molar refractivity (Wildman–Crippen MR) is 168 cm³/mol. The number of carbonyl (C=O) groups excluding carboxylic acids is 2. The fraction of sp³-hybridized carbons (Fsp3) is 0.258. The zero-order chi connectivity index (χ0) is 34.9. The maximum Gasteiger partial charge on any atom is 0.573 e. The van der Waals surface area contributed by atoms with Crippen LogP contribution in [0.3, 0.4) is 0 Å². The lowest BCUT2D eigenvalue weighted by atomic mass is 9.89. The number of rotatable bonds is 8. The van der Waals surface area contributed by atoms with Crippen molar-refractivity contribution in [3.8, 4) is 11.5 Å². The summed E-state index contributed by atoms with van der Waals surface area (Å²) in [6.07, 6.45) is -4.09. The van der Waals surface area contributed by atoms with Crippen molar-refractivity contribution in [1.82, 2.24) is 9.62 Å². The molecule has 3 aromatic rings. The number of aryl methyl sites for hydroxylation is 1. The van der Waals surface area contributed by atoms with Gasteiger partial charge in [0.2, 0.25) is 10.0 Å². The number of nitro benzene ring substituents is 1. The molecule has 2 aliphatic rings. The Morgan fingerprint density at radius 3 is 2.40 bits per heavy atom. The van der Waals surface area contributed by atoms with E-state index in [9.17, 15) is 41.3 Å². The SMILES string of the molecule is Cc1cc(N(C)C(=O)Oc2ccc([N+](=O)[O-])cc2)ccc1/C=C/S(=O)(=O)N1CCC2(CC1)N=C(c1cccc(OC(F)(F)F)c1)NC2=O. The van der Waals surface area contributed by atoms with Crippen LogP contribution >= 0.6 is 0 Å². The summed E-state index contributed by atoms with van der Waals surface area (Å²) in [5, 5.41) is 14.5. The first-order chi connectivity index (χ1) is 22.5. The molecule has 0 saturated carbocycles. The smallest absolute Gasteiger partial charge is 0.410 e. The molecule has 252 valence electrons. The van der Waals surface area contributed by atoms with Gasteiger partial charge in [0.05, 0.1) is 4.92 Å². The Bertz CT molecular complexity index is 1920. The molecule has 0 atom stereocenters. The number of hydrogen-bond acceptors (Lipinski definition) is 9. The largest absolute Gasteiger partial charge is 0.573 e. The molecule has 1 spiro atoms. The molecule has 1 saturated heterocycles. The first-order valence-corrected chi connectivity index (χ1v) is 15.8. The van der Waals surface area contributed by atoms with E-state index in [0.717, 1.165) is 17.5 Å². The maximum absolute atomic E-state index is 13.2. The fourth-order valence-electron chi connectivity index (χ4n) is 5.15. The summed E-state index contributed by atoms with van der Waals surface area (Å²) in [6, 6.07) is 15.0. The van der Waals surface area contributed by atoms with Crippen LogP contribution < -0.4 is 19.7 Å². The average molecular weight is 688 g/mol. The Labute approximate surface area is 272 Å². The molecule has 48 heavy (non-hydrogen) atoms. The van der Waals surface area contributed by atoms with Gasteiger partial charge in [0.25, 0.3) is 11.6 Å². The third-order valence-electron chi connectivity index (χ3n) is 7.82. The summed E-state index contributed by atoms with van der Waals surface area (Å²) in [5.74, 6) is -0.740. The minimum atomic E-state index is -4.89. The van der Waals surface area contributed by atoms with E-state index in [2.05, 4.69) is 15.0 Å². The molecule has 2 amide bonds. The predicted octanol–water partition coefficient (Wildman–Crippen LogP) is 5.15. The van der Waals surface area contributed by atoms with Crippen molar-refractivity contribution in [3.63, 3.8) is 0 Å². The molecule has 0 aromatic heterocycles. The average Bonchev–Trinajstić information content (AvgIpc) is 3.34. The number of nitro groups is 1. The van der Waals surface area contributed by atoms with Gasteiger partial charge in [-0.05, 0) is 73.4 Å². The van der Waals surface area contributed by atoms with Crippen LogP contribution in [0.25, 0.3) is 6.08 Å². The summed E-state index contributed by atoms with van der Waals surface area (Å²) in [5.41, 5.74) is 0.479. The maximum atomic E-state index is 13.2. The Kier molecular flexibility index (Phi) is 9.28. The number of hydrogen-bond donors (Lipinski definition) is 1. The van der Waals surface area contributed by atoms with Crippen LogP contribution in [0.5, 0.6) is 11.5 Å². The van der Waals surface area contributed by atoms with Crippen molar-refractivity contribution in [3.05, 3.63) is 98.9 Å². The molecule has 0 radical (unpaired) electrons. The topological polar surface area (TPSA) is 161 Å². The highest BCUT2D eigenvalue weighted by molar-refractivity contribution is 7.92. The van der Waals surface area contributed by atoms with Crippen LogP contribution in [0.1, 0.15) is 29.5 Å². The van der Waals surface area contributed by atoms with Crippen molar-refractivity contribution in [2.45, 2.75) is 31.7 Å². The first kappa shape index (κ1) is 34.1. The Morgan fingerprint density at radius 1 is 1.08 bits per heavy atom. The van der Waals surface area contributed by atoms with Crippen LogP contribution in [-0.4, -0.2) is 67.5 Å². The van der Waals surface area contributed by atoms with Gasteiger partial charge in [0.1, 0.15) is 22.9 Å². The second-order valence-corrected chi connectivity index (χ2v) is 12.8. The van der Waals surface area contributed by atoms with E-state index >= 15 is 0 Å². The standard InChI is InChI=1S/C31H28F3N5O8S/c1-20-18-24(37(2)29(41)46-25-10-8-23(9-11-25)39(42)43)7-6-21(20)12-17-48(44,45)38-15-13-30(14-16-38)28(40)35-27(36-30)22-4-3-5-26(19-22)47-31(32,33)34/h3-12,17-19H,13-16H2,1-2H3,(H,35,36,40)/b17-12+. The van der Waals surface area contributed by atoms with Crippen molar-refractivity contribution >= 4 is 45.3 Å². The number of carbonyl (C=O) groups is 2. The quantitative estimate of drug-likeness (QED) is 0.251. The minimum Gasteiger partial charge on any atom is -0.410 e. The second-order valence-electron chi connectivity index (χ2n) is 11.0. The van der Waals surface area contributed by atoms with Crippen LogP contribution in [0.2, 0.25) is 0 Å². The van der Waals surface area contributed by atoms with Gasteiger partial charge < -0.3 is 14.8 Å². The number of ether oxygens (including phenoxy) is 2. The number of aliphatic imine (C=N–C) groups is 1. The summed E-state index contributed by atoms with van der Waals surface area (Å²) in [6.45, 7) is 1.69. The Hall–Kier alpha value is -5.29. The Morgan fingerprint density at radius 2 is 1.77 bits per heavy atom. The highest BCUT2D eigenvalue weighted by Crippen LogP contribution is 2.33. The number of benzene rings is 3. The minimum absolute atomic E-state index is 0.0202. The normalized spacial score (nSPS) is 16.4. The number of non-ortho nitro benzene ring substituents is 1. The zero-order valence-electron chi connectivity index (χ0n) is 25.4. The molecule has 17 heteroatoms. The van der Waals surface area contributed by atoms with Gasteiger partial charge in [-0.15, -0.1) is 13.2 Å². The van der Waals surface area contributed by atoms with Gasteiger partial charge in [-0.3, -0.25) is 24.8 Å². The zero-order valence-corrected chi connectivity index (χ0v) is 26.2. The number of alkyl halides is 3. The summed E-state index contributed by atoms with van der Waals surface area (Å²) in [4.78, 5) is 41.5. The Balaban J connectivity index is 1.21. The van der Waals surface area contributed by atoms with Crippen molar-refractivity contribution in [1.29, 1.82) is 0 Å². The number of halogens is 3. The van der Waals surface area contributed by atoms with Crippen LogP contribution in [-0.2, 0) is 14.8 Å². The lowest BCUT2D eigenvalue weighted by molar-refractivity contribution is -0.384. The lowest BCUT2D eigenvalue weighted by Crippen LogP contribution is -2.50. The van der Waals surface area contributed by atoms with E-state index in [1.165, 1.54) is 58.7 Å². The summed E-state index contributed by atoms with van der Waals surface area (Å²) in [7, 11) is -2.44.